The Morgan fingerprint density at radius 2 is 2.22 bits per heavy atom. The van der Waals surface area contributed by atoms with E-state index in [1.54, 1.807) is 25.1 Å². The Labute approximate surface area is 109 Å². The Morgan fingerprint density at radius 3 is 2.94 bits per heavy atom. The van der Waals surface area contributed by atoms with Gasteiger partial charge in [0.25, 0.3) is 0 Å². The number of aromatic nitrogens is 2. The fraction of sp³-hybridized carbons (Fsp3) is 0.0833. The summed E-state index contributed by atoms with van der Waals surface area (Å²) in [6.45, 7) is 1.70. The SMILES string of the molecule is Cc1ncc(C#N)c(Oc2cc(Cl)ccc2N)n1. The van der Waals surface area contributed by atoms with Crippen molar-refractivity contribution in [1.29, 1.82) is 5.26 Å². The van der Waals surface area contributed by atoms with Crippen molar-refractivity contribution in [3.05, 3.63) is 40.8 Å². The minimum atomic E-state index is 0.166. The van der Waals surface area contributed by atoms with Gasteiger partial charge in [0.1, 0.15) is 17.5 Å². The summed E-state index contributed by atoms with van der Waals surface area (Å²) >= 11 is 5.85. The van der Waals surface area contributed by atoms with Gasteiger partial charge in [-0.05, 0) is 19.1 Å². The fourth-order valence-electron chi connectivity index (χ4n) is 1.30. The van der Waals surface area contributed by atoms with Crippen molar-refractivity contribution in [2.45, 2.75) is 6.92 Å². The first-order chi connectivity index (χ1) is 8.60. The number of nitrogen functional groups attached to an aromatic ring is 1. The number of anilines is 1. The molecule has 6 heteroatoms. The summed E-state index contributed by atoms with van der Waals surface area (Å²) in [7, 11) is 0. The highest BCUT2D eigenvalue weighted by molar-refractivity contribution is 6.30. The molecule has 0 saturated carbocycles. The number of aryl methyl sites for hydroxylation is 1. The minimum Gasteiger partial charge on any atom is -0.435 e. The lowest BCUT2D eigenvalue weighted by Gasteiger charge is -2.09. The highest BCUT2D eigenvalue weighted by Gasteiger charge is 2.10. The van der Waals surface area contributed by atoms with Gasteiger partial charge in [-0.1, -0.05) is 11.6 Å². The largest absolute Gasteiger partial charge is 0.435 e. The predicted molar refractivity (Wildman–Crippen MR) is 67.4 cm³/mol. The molecule has 0 fully saturated rings. The fourth-order valence-corrected chi connectivity index (χ4v) is 1.47. The van der Waals surface area contributed by atoms with Crippen LogP contribution in [0.3, 0.4) is 0 Å². The summed E-state index contributed by atoms with van der Waals surface area (Å²) in [4.78, 5) is 7.98. The summed E-state index contributed by atoms with van der Waals surface area (Å²) in [5.41, 5.74) is 6.41. The molecule has 1 aromatic heterocycles. The third kappa shape index (κ3) is 2.50. The first-order valence-corrected chi connectivity index (χ1v) is 5.44. The predicted octanol–water partition coefficient (Wildman–Crippen LogP) is 2.68. The van der Waals surface area contributed by atoms with Crippen LogP contribution in [-0.2, 0) is 0 Å². The number of rotatable bonds is 2. The average molecular weight is 261 g/mol. The van der Waals surface area contributed by atoms with Crippen LogP contribution >= 0.6 is 11.6 Å². The molecule has 0 saturated heterocycles. The second kappa shape index (κ2) is 4.90. The van der Waals surface area contributed by atoms with Crippen LogP contribution in [0.25, 0.3) is 0 Å². The molecule has 0 amide bonds. The number of nitriles is 1. The van der Waals surface area contributed by atoms with Crippen LogP contribution in [0, 0.1) is 18.3 Å². The molecule has 18 heavy (non-hydrogen) atoms. The molecule has 1 heterocycles. The Hall–Kier alpha value is -2.32. The summed E-state index contributed by atoms with van der Waals surface area (Å²) in [5, 5.41) is 9.43. The molecule has 1 aromatic carbocycles. The molecule has 0 aliphatic carbocycles. The quantitative estimate of drug-likeness (QED) is 0.839. The molecule has 0 aliphatic heterocycles. The van der Waals surface area contributed by atoms with Crippen molar-refractivity contribution in [2.24, 2.45) is 0 Å². The molecule has 2 aromatic rings. The van der Waals surface area contributed by atoms with Crippen LogP contribution < -0.4 is 10.5 Å². The lowest BCUT2D eigenvalue weighted by molar-refractivity contribution is 0.460. The Morgan fingerprint density at radius 1 is 1.44 bits per heavy atom. The van der Waals surface area contributed by atoms with Crippen LogP contribution in [0.4, 0.5) is 5.69 Å². The Bertz CT molecular complexity index is 636. The van der Waals surface area contributed by atoms with E-state index in [0.29, 0.717) is 22.3 Å². The number of benzene rings is 1. The smallest absolute Gasteiger partial charge is 0.240 e. The number of halogens is 1. The molecule has 2 rings (SSSR count). The third-order valence-electron chi connectivity index (χ3n) is 2.18. The first-order valence-electron chi connectivity index (χ1n) is 5.07. The van der Waals surface area contributed by atoms with Crippen LogP contribution in [0.15, 0.2) is 24.4 Å². The maximum atomic E-state index is 8.94. The zero-order valence-electron chi connectivity index (χ0n) is 9.51. The van der Waals surface area contributed by atoms with Crippen LogP contribution in [-0.4, -0.2) is 9.97 Å². The molecule has 0 radical (unpaired) electrons. The van der Waals surface area contributed by atoms with E-state index >= 15 is 0 Å². The maximum absolute atomic E-state index is 8.94. The van der Waals surface area contributed by atoms with Gasteiger partial charge in [0.15, 0.2) is 5.75 Å². The second-order valence-corrected chi connectivity index (χ2v) is 3.97. The minimum absolute atomic E-state index is 0.166. The van der Waals surface area contributed by atoms with Gasteiger partial charge in [0.05, 0.1) is 11.9 Å². The zero-order valence-corrected chi connectivity index (χ0v) is 10.3. The van der Waals surface area contributed by atoms with Crippen molar-refractivity contribution in [3.63, 3.8) is 0 Å². The summed E-state index contributed by atoms with van der Waals surface area (Å²) in [5.74, 6) is 1.03. The van der Waals surface area contributed by atoms with E-state index in [1.807, 2.05) is 6.07 Å². The van der Waals surface area contributed by atoms with Gasteiger partial charge in [-0.2, -0.15) is 10.2 Å². The lowest BCUT2D eigenvalue weighted by Crippen LogP contribution is -1.98. The molecule has 0 bridgehead atoms. The number of ether oxygens (including phenoxy) is 1. The second-order valence-electron chi connectivity index (χ2n) is 3.53. The molecule has 0 spiro atoms. The summed E-state index contributed by atoms with van der Waals surface area (Å²) in [6.07, 6.45) is 1.40. The highest BCUT2D eigenvalue weighted by Crippen LogP contribution is 2.30. The molecular formula is C12H9ClN4O. The van der Waals surface area contributed by atoms with Crippen LogP contribution in [0.2, 0.25) is 5.02 Å². The van der Waals surface area contributed by atoms with Gasteiger partial charge in [-0.25, -0.2) is 4.98 Å². The monoisotopic (exact) mass is 260 g/mol. The standard InChI is InChI=1S/C12H9ClN4O/c1-7-16-6-8(5-14)12(17-7)18-11-4-9(13)2-3-10(11)15/h2-4,6H,15H2,1H3. The van der Waals surface area contributed by atoms with Gasteiger partial charge in [-0.15, -0.1) is 0 Å². The van der Waals surface area contributed by atoms with E-state index in [2.05, 4.69) is 9.97 Å². The van der Waals surface area contributed by atoms with Gasteiger partial charge in [-0.3, -0.25) is 0 Å². The van der Waals surface area contributed by atoms with E-state index in [9.17, 15) is 0 Å². The highest BCUT2D eigenvalue weighted by atomic mass is 35.5. The van der Waals surface area contributed by atoms with Crippen molar-refractivity contribution in [2.75, 3.05) is 5.73 Å². The number of nitrogens with two attached hydrogens (primary N) is 1. The topological polar surface area (TPSA) is 84.8 Å². The van der Waals surface area contributed by atoms with Gasteiger partial charge < -0.3 is 10.5 Å². The first kappa shape index (κ1) is 12.1. The van der Waals surface area contributed by atoms with Crippen molar-refractivity contribution in [1.82, 2.24) is 9.97 Å². The number of nitrogens with zero attached hydrogens (tertiary/aromatic N) is 3. The van der Waals surface area contributed by atoms with Crippen molar-refractivity contribution >= 4 is 17.3 Å². The van der Waals surface area contributed by atoms with E-state index < -0.39 is 0 Å². The summed E-state index contributed by atoms with van der Waals surface area (Å²) in [6, 6.07) is 6.79. The van der Waals surface area contributed by atoms with E-state index in [0.717, 1.165) is 0 Å². The van der Waals surface area contributed by atoms with E-state index in [4.69, 9.17) is 27.3 Å². The molecule has 90 valence electrons. The van der Waals surface area contributed by atoms with Crippen molar-refractivity contribution in [3.8, 4) is 17.7 Å². The summed E-state index contributed by atoms with van der Waals surface area (Å²) < 4.78 is 5.51. The zero-order chi connectivity index (χ0) is 13.1. The van der Waals surface area contributed by atoms with Gasteiger partial charge >= 0.3 is 0 Å². The Balaban J connectivity index is 2.43. The molecule has 0 aliphatic rings. The van der Waals surface area contributed by atoms with Crippen LogP contribution in [0.5, 0.6) is 11.6 Å². The van der Waals surface area contributed by atoms with Gasteiger partial charge in [0.2, 0.25) is 5.88 Å². The molecule has 5 nitrogen and oxygen atoms in total. The molecular weight excluding hydrogens is 252 g/mol. The van der Waals surface area contributed by atoms with Gasteiger partial charge in [0, 0.05) is 11.1 Å². The Kier molecular flexibility index (Phi) is 3.31. The average Bonchev–Trinajstić information content (AvgIpc) is 2.34. The maximum Gasteiger partial charge on any atom is 0.240 e. The lowest BCUT2D eigenvalue weighted by atomic mass is 10.3. The van der Waals surface area contributed by atoms with E-state index in [-0.39, 0.29) is 11.4 Å². The van der Waals surface area contributed by atoms with Crippen LogP contribution in [0.1, 0.15) is 11.4 Å². The molecule has 0 atom stereocenters. The molecule has 2 N–H and O–H groups in total. The number of hydrogen-bond acceptors (Lipinski definition) is 5. The third-order valence-corrected chi connectivity index (χ3v) is 2.41. The van der Waals surface area contributed by atoms with E-state index in [1.165, 1.54) is 6.20 Å². The van der Waals surface area contributed by atoms with Crippen molar-refractivity contribution < 1.29 is 4.74 Å². The normalized spacial score (nSPS) is 9.83. The number of hydrogen-bond donors (Lipinski definition) is 1. The molecule has 0 unspecified atom stereocenters.